The third-order valence-electron chi connectivity index (χ3n) is 4.94. The summed E-state index contributed by atoms with van der Waals surface area (Å²) in [6.07, 6.45) is 0.798. The number of rotatable bonds is 4. The maximum Gasteiger partial charge on any atom is 0.292 e. The van der Waals surface area contributed by atoms with E-state index >= 15 is 0 Å². The molecule has 4 rings (SSSR count). The number of aryl methyl sites for hydroxylation is 2. The molecule has 5 nitrogen and oxygen atoms in total. The zero-order valence-corrected chi connectivity index (χ0v) is 15.2. The molecular weight excluding hydrogens is 330 g/mol. The summed E-state index contributed by atoms with van der Waals surface area (Å²) in [6.45, 7) is 5.90. The summed E-state index contributed by atoms with van der Waals surface area (Å²) < 4.78 is 17.7. The van der Waals surface area contributed by atoms with Crippen LogP contribution in [0.15, 0.2) is 42.5 Å². The fourth-order valence-electron chi connectivity index (χ4n) is 3.73. The van der Waals surface area contributed by atoms with E-state index < -0.39 is 5.79 Å². The lowest BCUT2D eigenvalue weighted by atomic mass is 9.97. The molecule has 0 N–H and O–H groups in total. The molecule has 2 aliphatic rings. The molecule has 0 atom stereocenters. The Hall–Kier alpha value is -2.37. The van der Waals surface area contributed by atoms with Crippen molar-refractivity contribution in [3.8, 4) is 5.75 Å². The minimum Gasteiger partial charge on any atom is -0.492 e. The lowest BCUT2D eigenvalue weighted by molar-refractivity contribution is -0.257. The van der Waals surface area contributed by atoms with E-state index in [-0.39, 0.29) is 5.91 Å². The Morgan fingerprint density at radius 3 is 2.46 bits per heavy atom. The largest absolute Gasteiger partial charge is 0.492 e. The first kappa shape index (κ1) is 17.1. The smallest absolute Gasteiger partial charge is 0.292 e. The van der Waals surface area contributed by atoms with Gasteiger partial charge in [0.1, 0.15) is 12.4 Å². The summed E-state index contributed by atoms with van der Waals surface area (Å²) in [5, 5.41) is 0. The van der Waals surface area contributed by atoms with Crippen molar-refractivity contribution in [1.29, 1.82) is 0 Å². The second kappa shape index (κ2) is 6.74. The molecule has 0 bridgehead atoms. The SMILES string of the molecule is Cc1ccc(C)c2c1N(CCOc1ccccc1)C(=O)C21OCCCO1. The van der Waals surface area contributed by atoms with Crippen LogP contribution in [0.4, 0.5) is 5.69 Å². The van der Waals surface area contributed by atoms with E-state index in [0.29, 0.717) is 26.4 Å². The number of para-hydroxylation sites is 1. The van der Waals surface area contributed by atoms with Crippen molar-refractivity contribution < 1.29 is 19.0 Å². The Bertz CT molecular complexity index is 812. The Morgan fingerprint density at radius 1 is 1.04 bits per heavy atom. The number of ether oxygens (including phenoxy) is 3. The summed E-state index contributed by atoms with van der Waals surface area (Å²) in [5.41, 5.74) is 3.79. The van der Waals surface area contributed by atoms with Crippen LogP contribution in [0.3, 0.4) is 0 Å². The van der Waals surface area contributed by atoms with Gasteiger partial charge in [-0.15, -0.1) is 0 Å². The van der Waals surface area contributed by atoms with Gasteiger partial charge >= 0.3 is 0 Å². The molecule has 0 unspecified atom stereocenters. The molecule has 26 heavy (non-hydrogen) atoms. The molecule has 0 saturated carbocycles. The third-order valence-corrected chi connectivity index (χ3v) is 4.94. The second-order valence-electron chi connectivity index (χ2n) is 6.71. The van der Waals surface area contributed by atoms with Crippen LogP contribution < -0.4 is 9.64 Å². The first-order valence-corrected chi connectivity index (χ1v) is 9.02. The average Bonchev–Trinajstić information content (AvgIpc) is 2.90. The molecule has 136 valence electrons. The molecule has 1 saturated heterocycles. The molecule has 2 aliphatic heterocycles. The number of hydrogen-bond donors (Lipinski definition) is 0. The quantitative estimate of drug-likeness (QED) is 0.846. The molecule has 0 radical (unpaired) electrons. The van der Waals surface area contributed by atoms with Gasteiger partial charge in [0.15, 0.2) is 0 Å². The van der Waals surface area contributed by atoms with E-state index in [0.717, 1.165) is 34.5 Å². The number of hydrogen-bond acceptors (Lipinski definition) is 4. The van der Waals surface area contributed by atoms with Crippen LogP contribution in [-0.2, 0) is 20.1 Å². The number of carbonyl (C=O) groups excluding carboxylic acids is 1. The van der Waals surface area contributed by atoms with Gasteiger partial charge in [-0.25, -0.2) is 0 Å². The van der Waals surface area contributed by atoms with Gasteiger partial charge in [-0.1, -0.05) is 30.3 Å². The van der Waals surface area contributed by atoms with Crippen molar-refractivity contribution in [2.75, 3.05) is 31.3 Å². The molecule has 0 aromatic heterocycles. The molecular formula is C21H23NO4. The van der Waals surface area contributed by atoms with Crippen LogP contribution in [0, 0.1) is 13.8 Å². The Kier molecular flexibility index (Phi) is 4.42. The van der Waals surface area contributed by atoms with Crippen LogP contribution in [0.2, 0.25) is 0 Å². The summed E-state index contributed by atoms with van der Waals surface area (Å²) in [4.78, 5) is 15.1. The van der Waals surface area contributed by atoms with Gasteiger partial charge in [0.2, 0.25) is 0 Å². The zero-order valence-electron chi connectivity index (χ0n) is 15.2. The van der Waals surface area contributed by atoms with Gasteiger partial charge in [-0.05, 0) is 43.5 Å². The Morgan fingerprint density at radius 2 is 1.73 bits per heavy atom. The maximum absolute atomic E-state index is 13.3. The topological polar surface area (TPSA) is 48.0 Å². The van der Waals surface area contributed by atoms with E-state index in [4.69, 9.17) is 14.2 Å². The molecule has 5 heteroatoms. The highest BCUT2D eigenvalue weighted by molar-refractivity contribution is 6.07. The van der Waals surface area contributed by atoms with Crippen LogP contribution in [0.25, 0.3) is 0 Å². The fraction of sp³-hybridized carbons (Fsp3) is 0.381. The van der Waals surface area contributed by atoms with Crippen molar-refractivity contribution in [3.05, 3.63) is 59.2 Å². The number of nitrogens with zero attached hydrogens (tertiary/aromatic N) is 1. The highest BCUT2D eigenvalue weighted by Crippen LogP contribution is 2.48. The van der Waals surface area contributed by atoms with Gasteiger partial charge in [-0.2, -0.15) is 0 Å². The number of benzene rings is 2. The number of fused-ring (bicyclic) bond motifs is 2. The van der Waals surface area contributed by atoms with Crippen LogP contribution in [0.1, 0.15) is 23.1 Å². The van der Waals surface area contributed by atoms with Gasteiger partial charge in [0.05, 0.1) is 25.4 Å². The third kappa shape index (κ3) is 2.68. The minimum atomic E-state index is -1.30. The maximum atomic E-state index is 13.3. The summed E-state index contributed by atoms with van der Waals surface area (Å²) in [7, 11) is 0. The molecule has 1 spiro atoms. The summed E-state index contributed by atoms with van der Waals surface area (Å²) in [5.74, 6) is -0.655. The van der Waals surface area contributed by atoms with Gasteiger partial charge in [0.25, 0.3) is 11.7 Å². The lowest BCUT2D eigenvalue weighted by Gasteiger charge is -2.33. The van der Waals surface area contributed by atoms with E-state index in [1.807, 2.05) is 56.3 Å². The van der Waals surface area contributed by atoms with E-state index in [1.165, 1.54) is 0 Å². The lowest BCUT2D eigenvalue weighted by Crippen LogP contribution is -2.48. The van der Waals surface area contributed by atoms with Gasteiger partial charge < -0.3 is 19.1 Å². The summed E-state index contributed by atoms with van der Waals surface area (Å²) >= 11 is 0. The highest BCUT2D eigenvalue weighted by atomic mass is 16.7. The van der Waals surface area contributed by atoms with Crippen molar-refractivity contribution >= 4 is 11.6 Å². The van der Waals surface area contributed by atoms with Crippen molar-refractivity contribution in [1.82, 2.24) is 0 Å². The highest BCUT2D eigenvalue weighted by Gasteiger charge is 2.56. The van der Waals surface area contributed by atoms with Gasteiger partial charge in [-0.3, -0.25) is 4.79 Å². The van der Waals surface area contributed by atoms with Crippen LogP contribution in [0.5, 0.6) is 5.75 Å². The van der Waals surface area contributed by atoms with E-state index in [1.54, 1.807) is 4.90 Å². The van der Waals surface area contributed by atoms with E-state index in [9.17, 15) is 4.79 Å². The predicted octanol–water partition coefficient (Wildman–Crippen LogP) is 3.32. The van der Waals surface area contributed by atoms with Crippen molar-refractivity contribution in [3.63, 3.8) is 0 Å². The first-order valence-electron chi connectivity index (χ1n) is 9.02. The zero-order chi connectivity index (χ0) is 18.1. The second-order valence-corrected chi connectivity index (χ2v) is 6.71. The summed E-state index contributed by atoms with van der Waals surface area (Å²) in [6, 6.07) is 13.7. The Balaban J connectivity index is 1.64. The van der Waals surface area contributed by atoms with Crippen molar-refractivity contribution in [2.24, 2.45) is 0 Å². The standard InChI is InChI=1S/C21H23NO4/c1-15-9-10-16(2)19-18(15)21(25-12-6-13-26-21)20(23)22(19)11-14-24-17-7-4-3-5-8-17/h3-5,7-10H,6,11-14H2,1-2H3. The number of amides is 1. The Labute approximate surface area is 153 Å². The van der Waals surface area contributed by atoms with Crippen molar-refractivity contribution in [2.45, 2.75) is 26.1 Å². The molecule has 2 aromatic rings. The first-order chi connectivity index (χ1) is 12.6. The minimum absolute atomic E-state index is 0.152. The molecule has 2 aromatic carbocycles. The fourth-order valence-corrected chi connectivity index (χ4v) is 3.73. The monoisotopic (exact) mass is 353 g/mol. The van der Waals surface area contributed by atoms with E-state index in [2.05, 4.69) is 0 Å². The number of carbonyl (C=O) groups is 1. The van der Waals surface area contributed by atoms with Crippen LogP contribution in [-0.4, -0.2) is 32.3 Å². The molecule has 1 fully saturated rings. The average molecular weight is 353 g/mol. The number of anilines is 1. The predicted molar refractivity (Wildman–Crippen MR) is 98.4 cm³/mol. The molecule has 0 aliphatic carbocycles. The molecule has 1 amide bonds. The molecule has 2 heterocycles. The van der Waals surface area contributed by atoms with Crippen LogP contribution >= 0.6 is 0 Å². The van der Waals surface area contributed by atoms with Gasteiger partial charge in [0, 0.05) is 5.56 Å². The normalized spacial score (nSPS) is 18.2.